The highest BCUT2D eigenvalue weighted by molar-refractivity contribution is 5.75. The molecule has 1 amide bonds. The molecule has 0 spiro atoms. The minimum absolute atomic E-state index is 0.0194. The van der Waals surface area contributed by atoms with Gasteiger partial charge in [0.25, 0.3) is 0 Å². The summed E-state index contributed by atoms with van der Waals surface area (Å²) in [6, 6.07) is 0.528. The van der Waals surface area contributed by atoms with Crippen LogP contribution in [0.1, 0.15) is 6.92 Å². The zero-order valence-corrected chi connectivity index (χ0v) is 7.50. The minimum Gasteiger partial charge on any atom is -0.328 e. The summed E-state index contributed by atoms with van der Waals surface area (Å²) in [5, 5.41) is 9.36. The quantitative estimate of drug-likeness (QED) is 0.507. The van der Waals surface area contributed by atoms with Crippen molar-refractivity contribution in [1.29, 1.82) is 0 Å². The van der Waals surface area contributed by atoms with Crippen LogP contribution in [0.5, 0.6) is 0 Å². The Morgan fingerprint density at radius 2 is 2.46 bits per heavy atom. The lowest BCUT2D eigenvalue weighted by Crippen LogP contribution is -2.41. The summed E-state index contributed by atoms with van der Waals surface area (Å²) in [5.74, 6) is -0.0194. The van der Waals surface area contributed by atoms with Crippen LogP contribution in [0.2, 0.25) is 0 Å². The lowest BCUT2D eigenvalue weighted by molar-refractivity contribution is -0.118. The van der Waals surface area contributed by atoms with Gasteiger partial charge in [-0.05, 0) is 6.08 Å². The molecule has 2 rings (SSSR count). The Balaban J connectivity index is 2.12. The second-order valence-corrected chi connectivity index (χ2v) is 3.28. The molecule has 70 valence electrons. The normalized spacial score (nSPS) is 31.0. The molecule has 1 aliphatic carbocycles. The summed E-state index contributed by atoms with van der Waals surface area (Å²) < 4.78 is 0. The Hall–Kier alpha value is -1.13. The molecule has 0 radical (unpaired) electrons. The fourth-order valence-electron chi connectivity index (χ4n) is 1.72. The summed E-state index contributed by atoms with van der Waals surface area (Å²) in [4.78, 5) is 10.9. The van der Waals surface area contributed by atoms with E-state index in [-0.39, 0.29) is 11.9 Å². The molecule has 0 aromatic rings. The molecule has 1 fully saturated rings. The Morgan fingerprint density at radius 1 is 1.62 bits per heavy atom. The highest BCUT2D eigenvalue weighted by Gasteiger charge is 2.29. The van der Waals surface area contributed by atoms with Crippen molar-refractivity contribution in [3.8, 4) is 0 Å². The first-order valence-electron chi connectivity index (χ1n) is 4.40. The van der Waals surface area contributed by atoms with E-state index in [1.165, 1.54) is 6.92 Å². The number of nitrogens with one attached hydrogen (secondary N) is 3. The first-order valence-corrected chi connectivity index (χ1v) is 4.40. The average Bonchev–Trinajstić information content (AvgIpc) is 2.51. The van der Waals surface area contributed by atoms with Crippen molar-refractivity contribution in [3.63, 3.8) is 0 Å². The zero-order valence-electron chi connectivity index (χ0n) is 7.50. The highest BCUT2D eigenvalue weighted by Crippen LogP contribution is 2.14. The van der Waals surface area contributed by atoms with E-state index >= 15 is 0 Å². The van der Waals surface area contributed by atoms with E-state index in [0.29, 0.717) is 6.04 Å². The fraction of sp³-hybridized carbons (Fsp3) is 0.444. The summed E-state index contributed by atoms with van der Waals surface area (Å²) in [6.45, 7) is 2.31. The number of hydrogen-bond acceptors (Lipinski definition) is 3. The van der Waals surface area contributed by atoms with Gasteiger partial charge in [0.15, 0.2) is 0 Å². The van der Waals surface area contributed by atoms with Crippen LogP contribution < -0.4 is 16.0 Å². The van der Waals surface area contributed by atoms with Crippen LogP contribution in [0.15, 0.2) is 23.9 Å². The smallest absolute Gasteiger partial charge is 0.221 e. The summed E-state index contributed by atoms with van der Waals surface area (Å²) in [7, 11) is 0. The standard InChI is InChI=1S/C9H13N3O/c1-6(13)12-8-4-2-3-7-9(8)11-5-10-7/h2-4,7,9-11H,5H2,1H3,(H,12,13). The van der Waals surface area contributed by atoms with Gasteiger partial charge in [0.2, 0.25) is 5.91 Å². The van der Waals surface area contributed by atoms with Crippen LogP contribution in [0.4, 0.5) is 0 Å². The van der Waals surface area contributed by atoms with Gasteiger partial charge in [-0.25, -0.2) is 0 Å². The van der Waals surface area contributed by atoms with Gasteiger partial charge in [-0.2, -0.15) is 0 Å². The Labute approximate surface area is 77.1 Å². The number of amides is 1. The third kappa shape index (κ3) is 1.64. The topological polar surface area (TPSA) is 53.2 Å². The third-order valence-corrected chi connectivity index (χ3v) is 2.27. The minimum atomic E-state index is -0.0194. The number of hydrogen-bond donors (Lipinski definition) is 3. The molecule has 1 saturated heterocycles. The predicted octanol–water partition coefficient (Wildman–Crippen LogP) is -0.536. The maximum Gasteiger partial charge on any atom is 0.221 e. The second-order valence-electron chi connectivity index (χ2n) is 3.28. The van der Waals surface area contributed by atoms with Crippen molar-refractivity contribution in [2.45, 2.75) is 19.0 Å². The molecule has 1 heterocycles. The molecule has 4 nitrogen and oxygen atoms in total. The van der Waals surface area contributed by atoms with Gasteiger partial charge in [0.05, 0.1) is 6.04 Å². The molecule has 4 heteroatoms. The summed E-state index contributed by atoms with van der Waals surface area (Å²) in [5.41, 5.74) is 0.949. The molecular weight excluding hydrogens is 166 g/mol. The number of rotatable bonds is 1. The largest absolute Gasteiger partial charge is 0.328 e. The first-order chi connectivity index (χ1) is 6.27. The molecule has 0 aromatic carbocycles. The lowest BCUT2D eigenvalue weighted by atomic mass is 10.0. The van der Waals surface area contributed by atoms with Crippen molar-refractivity contribution in [2.24, 2.45) is 0 Å². The van der Waals surface area contributed by atoms with E-state index in [1.807, 2.05) is 12.2 Å². The molecular formula is C9H13N3O. The van der Waals surface area contributed by atoms with Gasteiger partial charge in [-0.1, -0.05) is 12.2 Å². The maximum atomic E-state index is 10.9. The predicted molar refractivity (Wildman–Crippen MR) is 49.8 cm³/mol. The van der Waals surface area contributed by atoms with Crippen molar-refractivity contribution in [3.05, 3.63) is 23.9 Å². The van der Waals surface area contributed by atoms with Gasteiger partial charge < -0.3 is 5.32 Å². The average molecular weight is 179 g/mol. The number of carbonyl (C=O) groups is 1. The number of fused-ring (bicyclic) bond motifs is 1. The SMILES string of the molecule is CC(=O)NC1=CC=CC2NCNC12. The Bertz CT molecular complexity index is 283. The summed E-state index contributed by atoms with van der Waals surface area (Å²) >= 11 is 0. The van der Waals surface area contributed by atoms with Crippen LogP contribution in [-0.4, -0.2) is 24.7 Å². The lowest BCUT2D eigenvalue weighted by Gasteiger charge is -2.22. The van der Waals surface area contributed by atoms with Crippen molar-refractivity contribution in [2.75, 3.05) is 6.67 Å². The van der Waals surface area contributed by atoms with Gasteiger partial charge in [-0.3, -0.25) is 15.4 Å². The van der Waals surface area contributed by atoms with E-state index in [0.717, 1.165) is 12.4 Å². The van der Waals surface area contributed by atoms with Crippen LogP contribution in [0.25, 0.3) is 0 Å². The Morgan fingerprint density at radius 3 is 3.23 bits per heavy atom. The zero-order chi connectivity index (χ0) is 9.26. The molecule has 0 saturated carbocycles. The van der Waals surface area contributed by atoms with Crippen LogP contribution >= 0.6 is 0 Å². The van der Waals surface area contributed by atoms with E-state index in [1.54, 1.807) is 0 Å². The summed E-state index contributed by atoms with van der Waals surface area (Å²) in [6.07, 6.45) is 5.99. The molecule has 2 atom stereocenters. The van der Waals surface area contributed by atoms with Crippen molar-refractivity contribution < 1.29 is 4.79 Å². The second kappa shape index (κ2) is 3.32. The molecule has 3 N–H and O–H groups in total. The third-order valence-electron chi connectivity index (χ3n) is 2.27. The first kappa shape index (κ1) is 8.47. The highest BCUT2D eigenvalue weighted by atomic mass is 16.1. The van der Waals surface area contributed by atoms with Gasteiger partial charge in [0.1, 0.15) is 0 Å². The van der Waals surface area contributed by atoms with Crippen LogP contribution in [-0.2, 0) is 4.79 Å². The van der Waals surface area contributed by atoms with E-state index in [2.05, 4.69) is 22.0 Å². The van der Waals surface area contributed by atoms with Crippen LogP contribution in [0.3, 0.4) is 0 Å². The van der Waals surface area contributed by atoms with Gasteiger partial charge in [-0.15, -0.1) is 0 Å². The van der Waals surface area contributed by atoms with Gasteiger partial charge >= 0.3 is 0 Å². The molecule has 2 aliphatic rings. The van der Waals surface area contributed by atoms with Crippen molar-refractivity contribution in [1.82, 2.24) is 16.0 Å². The molecule has 2 unspecified atom stereocenters. The fourth-order valence-corrected chi connectivity index (χ4v) is 1.72. The molecule has 13 heavy (non-hydrogen) atoms. The van der Waals surface area contributed by atoms with Crippen LogP contribution in [0, 0.1) is 0 Å². The van der Waals surface area contributed by atoms with Crippen molar-refractivity contribution >= 4 is 5.91 Å². The number of carbonyl (C=O) groups excluding carboxylic acids is 1. The molecule has 0 aromatic heterocycles. The maximum absolute atomic E-state index is 10.9. The van der Waals surface area contributed by atoms with Gasteiger partial charge in [0, 0.05) is 25.3 Å². The molecule has 0 bridgehead atoms. The molecule has 1 aliphatic heterocycles. The van der Waals surface area contributed by atoms with E-state index < -0.39 is 0 Å². The monoisotopic (exact) mass is 179 g/mol. The van der Waals surface area contributed by atoms with E-state index in [9.17, 15) is 4.79 Å². The van der Waals surface area contributed by atoms with E-state index in [4.69, 9.17) is 0 Å². The number of allylic oxidation sites excluding steroid dienone is 2. The Kier molecular flexibility index (Phi) is 2.16.